The number of nitrogens with one attached hydrogen (secondary N) is 1. The predicted molar refractivity (Wildman–Crippen MR) is 149 cm³/mol. The van der Waals surface area contributed by atoms with Gasteiger partial charge in [-0.1, -0.05) is 46.8 Å². The fourth-order valence-electron chi connectivity index (χ4n) is 12.2. The van der Waals surface area contributed by atoms with Crippen molar-refractivity contribution < 1.29 is 14.3 Å². The number of allylic oxidation sites excluding steroid dienone is 1. The van der Waals surface area contributed by atoms with Crippen molar-refractivity contribution in [1.29, 1.82) is 0 Å². The molecule has 1 amide bonds. The van der Waals surface area contributed by atoms with Gasteiger partial charge in [0, 0.05) is 13.0 Å². The Morgan fingerprint density at radius 1 is 0.811 bits per heavy atom. The van der Waals surface area contributed by atoms with E-state index >= 15 is 0 Å². The van der Waals surface area contributed by atoms with Crippen LogP contribution in [0.2, 0.25) is 0 Å². The maximum atomic E-state index is 13.4. The second-order valence-electron chi connectivity index (χ2n) is 15.4. The molecule has 0 saturated heterocycles. The van der Waals surface area contributed by atoms with Crippen LogP contribution in [0.15, 0.2) is 12.2 Å². The fraction of sp³-hybridized carbons (Fsp3) is 0.879. The summed E-state index contributed by atoms with van der Waals surface area (Å²) in [5.74, 6) is 2.81. The van der Waals surface area contributed by atoms with Crippen molar-refractivity contribution in [3.63, 3.8) is 0 Å². The summed E-state index contributed by atoms with van der Waals surface area (Å²) in [5.41, 5.74) is 1.83. The number of rotatable bonds is 3. The molecule has 0 aromatic heterocycles. The molecule has 10 atom stereocenters. The molecule has 0 heterocycles. The van der Waals surface area contributed by atoms with Crippen LogP contribution < -0.4 is 5.32 Å². The molecule has 4 unspecified atom stereocenters. The van der Waals surface area contributed by atoms with Crippen molar-refractivity contribution in [2.45, 2.75) is 119 Å². The second kappa shape index (κ2) is 8.59. The van der Waals surface area contributed by atoms with E-state index in [9.17, 15) is 9.59 Å². The van der Waals surface area contributed by atoms with Crippen LogP contribution in [-0.2, 0) is 14.3 Å². The average Bonchev–Trinajstić information content (AvgIpc) is 3.22. The first-order chi connectivity index (χ1) is 17.2. The van der Waals surface area contributed by atoms with Gasteiger partial charge in [-0.05, 0) is 122 Å². The number of amides is 1. The van der Waals surface area contributed by atoms with Crippen molar-refractivity contribution in [3.8, 4) is 0 Å². The Morgan fingerprint density at radius 3 is 2.14 bits per heavy atom. The molecule has 5 rings (SSSR count). The van der Waals surface area contributed by atoms with Gasteiger partial charge in [0.25, 0.3) is 0 Å². The molecule has 5 aliphatic carbocycles. The number of esters is 1. The molecule has 0 spiro atoms. The van der Waals surface area contributed by atoms with E-state index < -0.39 is 0 Å². The molecule has 0 radical (unpaired) electrons. The van der Waals surface area contributed by atoms with Gasteiger partial charge in [0.05, 0.1) is 12.5 Å². The number of methoxy groups -OCH3 is 1. The quantitative estimate of drug-likeness (QED) is 0.319. The highest BCUT2D eigenvalue weighted by Gasteiger charge is 2.72. The van der Waals surface area contributed by atoms with Crippen LogP contribution in [0.3, 0.4) is 0 Å². The Kier molecular flexibility index (Phi) is 6.33. The Labute approximate surface area is 226 Å². The van der Waals surface area contributed by atoms with E-state index in [1.165, 1.54) is 37.7 Å². The average molecular weight is 512 g/mol. The lowest BCUT2D eigenvalue weighted by molar-refractivity contribution is -0.240. The van der Waals surface area contributed by atoms with Gasteiger partial charge in [-0.3, -0.25) is 9.59 Å². The van der Waals surface area contributed by atoms with Gasteiger partial charge in [-0.25, -0.2) is 0 Å². The molecule has 208 valence electrons. The summed E-state index contributed by atoms with van der Waals surface area (Å²) in [6.45, 7) is 21.0. The van der Waals surface area contributed by atoms with Crippen molar-refractivity contribution in [2.75, 3.05) is 7.11 Å². The number of carbonyl (C=O) groups is 2. The third-order valence-corrected chi connectivity index (χ3v) is 14.1. The van der Waals surface area contributed by atoms with E-state index in [1.54, 1.807) is 14.0 Å². The van der Waals surface area contributed by atoms with Crippen LogP contribution in [-0.4, -0.2) is 25.0 Å². The van der Waals surface area contributed by atoms with Crippen LogP contribution in [0.5, 0.6) is 0 Å². The highest BCUT2D eigenvalue weighted by Crippen LogP contribution is 2.77. The zero-order valence-corrected chi connectivity index (χ0v) is 25.0. The summed E-state index contributed by atoms with van der Waals surface area (Å²) < 4.78 is 5.52. The van der Waals surface area contributed by atoms with Crippen molar-refractivity contribution in [2.24, 2.45) is 56.7 Å². The van der Waals surface area contributed by atoms with E-state index in [0.29, 0.717) is 35.0 Å². The Hall–Kier alpha value is -1.32. The monoisotopic (exact) mass is 511 g/mol. The first-order valence-corrected chi connectivity index (χ1v) is 15.2. The number of carbonyl (C=O) groups excluding carboxylic acids is 2. The predicted octanol–water partition coefficient (Wildman–Crippen LogP) is 7.32. The largest absolute Gasteiger partial charge is 0.469 e. The number of ether oxygens (including phenoxy) is 1. The molecule has 0 aliphatic heterocycles. The number of fused-ring (bicyclic) bond motifs is 7. The molecule has 0 bridgehead atoms. The molecule has 1 N–H and O–H groups in total. The minimum absolute atomic E-state index is 0.0456. The smallest absolute Gasteiger partial charge is 0.312 e. The zero-order valence-electron chi connectivity index (χ0n) is 25.0. The highest BCUT2D eigenvalue weighted by molar-refractivity contribution is 5.78. The highest BCUT2D eigenvalue weighted by atomic mass is 16.5. The standard InChI is InChI=1S/C33H53NO3/c1-20(2)22-12-17-33(28(36)37-9)19-18-31(7)23(27(22)33)10-11-25-30(6)15-14-26(34-21(3)35)29(4,5)24(30)13-16-32(25,31)8/h22-27H,1,10-19H2,2-9H3,(H,34,35)/t22-,23?,24?,25?,26-,27?,30-,31+,32+,33-/m0/s1. The van der Waals surface area contributed by atoms with E-state index in [2.05, 4.69) is 53.4 Å². The Balaban J connectivity index is 1.52. The normalized spacial score (nSPS) is 50.1. The minimum atomic E-state index is -0.314. The maximum absolute atomic E-state index is 13.4. The van der Waals surface area contributed by atoms with E-state index in [-0.39, 0.29) is 39.6 Å². The third kappa shape index (κ3) is 3.45. The molecule has 5 saturated carbocycles. The first kappa shape index (κ1) is 27.3. The second-order valence-corrected chi connectivity index (χ2v) is 15.4. The van der Waals surface area contributed by atoms with Gasteiger partial charge >= 0.3 is 5.97 Å². The Bertz CT molecular complexity index is 986. The van der Waals surface area contributed by atoms with Gasteiger partial charge < -0.3 is 10.1 Å². The molecule has 37 heavy (non-hydrogen) atoms. The maximum Gasteiger partial charge on any atom is 0.312 e. The van der Waals surface area contributed by atoms with Crippen LogP contribution >= 0.6 is 0 Å². The fourth-order valence-corrected chi connectivity index (χ4v) is 12.2. The van der Waals surface area contributed by atoms with E-state index in [1.807, 2.05) is 0 Å². The third-order valence-electron chi connectivity index (χ3n) is 14.1. The van der Waals surface area contributed by atoms with Crippen LogP contribution in [0.25, 0.3) is 0 Å². The molecule has 0 aromatic rings. The van der Waals surface area contributed by atoms with Gasteiger partial charge in [0.2, 0.25) is 5.91 Å². The van der Waals surface area contributed by atoms with Crippen LogP contribution in [0, 0.1) is 56.7 Å². The summed E-state index contributed by atoms with van der Waals surface area (Å²) >= 11 is 0. The van der Waals surface area contributed by atoms with Crippen molar-refractivity contribution in [3.05, 3.63) is 12.2 Å². The Morgan fingerprint density at radius 2 is 1.51 bits per heavy atom. The minimum Gasteiger partial charge on any atom is -0.469 e. The lowest BCUT2D eigenvalue weighted by Crippen LogP contribution is -2.68. The van der Waals surface area contributed by atoms with Crippen LogP contribution in [0.1, 0.15) is 113 Å². The molecular weight excluding hydrogens is 458 g/mol. The van der Waals surface area contributed by atoms with Crippen molar-refractivity contribution >= 4 is 11.9 Å². The van der Waals surface area contributed by atoms with Crippen molar-refractivity contribution in [1.82, 2.24) is 5.32 Å². The molecule has 0 aromatic carbocycles. The summed E-state index contributed by atoms with van der Waals surface area (Å²) in [5, 5.41) is 3.33. The SMILES string of the molecule is C=C(C)[C@@H]1CC[C@]2(C(=O)OC)CC[C@]3(C)C(CCC4[C@@]5(C)CC[C@H](NC(C)=O)C(C)(C)C5CC[C@]43C)C12. The lowest BCUT2D eigenvalue weighted by Gasteiger charge is -2.73. The number of hydrogen-bond acceptors (Lipinski definition) is 3. The van der Waals surface area contributed by atoms with Crippen LogP contribution in [0.4, 0.5) is 0 Å². The molecular formula is C33H53NO3. The first-order valence-electron chi connectivity index (χ1n) is 15.2. The van der Waals surface area contributed by atoms with E-state index in [0.717, 1.165) is 32.1 Å². The van der Waals surface area contributed by atoms with Gasteiger partial charge in [-0.15, -0.1) is 0 Å². The summed E-state index contributed by atoms with van der Waals surface area (Å²) in [7, 11) is 1.59. The molecule has 5 aliphatic rings. The lowest BCUT2D eigenvalue weighted by atomic mass is 9.32. The summed E-state index contributed by atoms with van der Waals surface area (Å²) in [6, 6.07) is 0.268. The molecule has 4 heteroatoms. The van der Waals surface area contributed by atoms with E-state index in [4.69, 9.17) is 4.74 Å². The summed E-state index contributed by atoms with van der Waals surface area (Å²) in [4.78, 5) is 25.4. The molecule has 5 fully saturated rings. The van der Waals surface area contributed by atoms with Gasteiger partial charge in [0.15, 0.2) is 0 Å². The zero-order chi connectivity index (χ0) is 27.2. The number of hydrogen-bond donors (Lipinski definition) is 1. The topological polar surface area (TPSA) is 55.4 Å². The molecule has 4 nitrogen and oxygen atoms in total. The van der Waals surface area contributed by atoms with Gasteiger partial charge in [0.1, 0.15) is 0 Å². The summed E-state index contributed by atoms with van der Waals surface area (Å²) in [6.07, 6.45) is 11.4. The van der Waals surface area contributed by atoms with Gasteiger partial charge in [-0.2, -0.15) is 0 Å².